The molecule has 0 aliphatic rings. The summed E-state index contributed by atoms with van der Waals surface area (Å²) < 4.78 is 37.5. The van der Waals surface area contributed by atoms with Crippen molar-refractivity contribution in [2.24, 2.45) is 0 Å². The largest absolute Gasteiger partial charge is 0.337 e. The van der Waals surface area contributed by atoms with Crippen LogP contribution in [-0.2, 0) is 10.0 Å². The summed E-state index contributed by atoms with van der Waals surface area (Å²) in [4.78, 5) is 9.24. The van der Waals surface area contributed by atoms with Gasteiger partial charge in [-0.3, -0.25) is 4.72 Å². The van der Waals surface area contributed by atoms with E-state index >= 15 is 0 Å². The summed E-state index contributed by atoms with van der Waals surface area (Å²) in [5.41, 5.74) is 5.03. The average Bonchev–Trinajstić information content (AvgIpc) is 3.26. The van der Waals surface area contributed by atoms with Gasteiger partial charge in [0.2, 0.25) is 0 Å². The lowest BCUT2D eigenvalue weighted by Gasteiger charge is -2.16. The van der Waals surface area contributed by atoms with Crippen LogP contribution in [0.1, 0.15) is 11.1 Å². The van der Waals surface area contributed by atoms with Gasteiger partial charge in [-0.05, 0) is 55.3 Å². The molecule has 160 valence electrons. The van der Waals surface area contributed by atoms with Gasteiger partial charge in [0.15, 0.2) is 11.6 Å². The van der Waals surface area contributed by atoms with Crippen molar-refractivity contribution < 1.29 is 8.42 Å². The van der Waals surface area contributed by atoms with Gasteiger partial charge in [0.05, 0.1) is 22.8 Å². The van der Waals surface area contributed by atoms with Crippen LogP contribution < -0.4 is 10.0 Å². The van der Waals surface area contributed by atoms with E-state index in [2.05, 4.69) is 28.8 Å². The highest BCUT2D eigenvalue weighted by Gasteiger charge is 2.23. The Morgan fingerprint density at radius 2 is 1.47 bits per heavy atom. The van der Waals surface area contributed by atoms with Crippen LogP contribution in [0, 0.1) is 13.8 Å². The Balaban J connectivity index is 1.63. The number of sulfonamides is 1. The molecule has 0 spiro atoms. The first kappa shape index (κ1) is 20.3. The zero-order valence-electron chi connectivity index (χ0n) is 17.2. The Morgan fingerprint density at radius 3 is 2.25 bits per heavy atom. The zero-order valence-corrected chi connectivity index (χ0v) is 18.8. The maximum absolute atomic E-state index is 13.3. The number of anilines is 3. The van der Waals surface area contributed by atoms with Crippen LogP contribution in [0.15, 0.2) is 65.6 Å². The molecule has 2 aromatic heterocycles. The van der Waals surface area contributed by atoms with Crippen LogP contribution in [0.25, 0.3) is 22.1 Å². The summed E-state index contributed by atoms with van der Waals surface area (Å²) in [5.74, 6) is 0.411. The van der Waals surface area contributed by atoms with E-state index < -0.39 is 10.0 Å². The molecular formula is C22H18N6O2S2. The van der Waals surface area contributed by atoms with Crippen LogP contribution in [0.4, 0.5) is 17.3 Å². The highest BCUT2D eigenvalue weighted by molar-refractivity contribution is 7.93. The van der Waals surface area contributed by atoms with Gasteiger partial charge in [-0.25, -0.2) is 18.4 Å². The average molecular weight is 463 g/mol. The zero-order chi connectivity index (χ0) is 22.3. The number of fused-ring (bicyclic) bond motifs is 2. The van der Waals surface area contributed by atoms with E-state index in [9.17, 15) is 8.42 Å². The minimum Gasteiger partial charge on any atom is -0.337 e. The third kappa shape index (κ3) is 3.63. The molecule has 0 atom stereocenters. The van der Waals surface area contributed by atoms with Crippen molar-refractivity contribution in [1.29, 1.82) is 0 Å². The number of nitrogens with zero attached hydrogens (tertiary/aromatic N) is 4. The van der Waals surface area contributed by atoms with Crippen molar-refractivity contribution in [2.75, 3.05) is 10.0 Å². The number of nitrogens with one attached hydrogen (secondary N) is 2. The maximum atomic E-state index is 13.3. The van der Waals surface area contributed by atoms with Crippen molar-refractivity contribution in [3.8, 4) is 0 Å². The quantitative estimate of drug-likeness (QED) is 0.386. The summed E-state index contributed by atoms with van der Waals surface area (Å²) in [5, 5.41) is 3.25. The monoisotopic (exact) mass is 462 g/mol. The van der Waals surface area contributed by atoms with Gasteiger partial charge in [0.25, 0.3) is 10.0 Å². The Morgan fingerprint density at radius 1 is 0.781 bits per heavy atom. The molecule has 10 heteroatoms. The number of benzene rings is 3. The van der Waals surface area contributed by atoms with Gasteiger partial charge in [-0.2, -0.15) is 8.75 Å². The molecule has 5 aromatic rings. The molecule has 0 aliphatic carbocycles. The van der Waals surface area contributed by atoms with E-state index in [4.69, 9.17) is 0 Å². The van der Waals surface area contributed by atoms with Crippen molar-refractivity contribution >= 4 is 61.1 Å². The molecule has 0 saturated carbocycles. The molecule has 5 rings (SSSR count). The molecular weight excluding hydrogens is 444 g/mol. The first-order valence-electron chi connectivity index (χ1n) is 9.76. The predicted octanol–water partition coefficient (Wildman–Crippen LogP) is 4.80. The van der Waals surface area contributed by atoms with Crippen molar-refractivity contribution in [1.82, 2.24) is 18.7 Å². The molecule has 0 fully saturated rings. The third-order valence-electron chi connectivity index (χ3n) is 5.20. The van der Waals surface area contributed by atoms with Gasteiger partial charge in [-0.15, -0.1) is 0 Å². The molecule has 3 aromatic carbocycles. The second-order valence-electron chi connectivity index (χ2n) is 7.28. The number of para-hydroxylation sites is 2. The molecule has 2 N–H and O–H groups in total. The van der Waals surface area contributed by atoms with E-state index in [1.165, 1.54) is 6.07 Å². The molecule has 0 amide bonds. The first-order chi connectivity index (χ1) is 15.4. The van der Waals surface area contributed by atoms with Crippen LogP contribution in [-0.4, -0.2) is 27.1 Å². The van der Waals surface area contributed by atoms with Crippen molar-refractivity contribution in [2.45, 2.75) is 18.7 Å². The molecule has 0 bridgehead atoms. The number of hydrogen-bond donors (Lipinski definition) is 2. The molecule has 0 aliphatic heterocycles. The summed E-state index contributed by atoms with van der Waals surface area (Å²) in [7, 11) is -4.00. The smallest absolute Gasteiger partial charge is 0.265 e. The summed E-state index contributed by atoms with van der Waals surface area (Å²) >= 11 is 0.967. The SMILES string of the molecule is Cc1cccc(Nc2nc3ccccc3nc2NS(=O)(=O)c2cccc3nsnc23)c1C. The summed E-state index contributed by atoms with van der Waals surface area (Å²) in [6.45, 7) is 4.00. The van der Waals surface area contributed by atoms with Gasteiger partial charge >= 0.3 is 0 Å². The van der Waals surface area contributed by atoms with Gasteiger partial charge in [0, 0.05) is 5.69 Å². The molecule has 0 saturated heterocycles. The fraction of sp³-hybridized carbons (Fsp3) is 0.0909. The third-order valence-corrected chi connectivity index (χ3v) is 7.11. The fourth-order valence-corrected chi connectivity index (χ4v) is 5.13. The van der Waals surface area contributed by atoms with Gasteiger partial charge < -0.3 is 5.32 Å². The highest BCUT2D eigenvalue weighted by Crippen LogP contribution is 2.30. The lowest BCUT2D eigenvalue weighted by Crippen LogP contribution is -2.16. The lowest BCUT2D eigenvalue weighted by molar-refractivity contribution is 0.602. The Hall–Kier alpha value is -3.63. The van der Waals surface area contributed by atoms with E-state index in [0.29, 0.717) is 27.9 Å². The molecule has 32 heavy (non-hydrogen) atoms. The van der Waals surface area contributed by atoms with E-state index in [1.807, 2.05) is 50.2 Å². The Labute approximate surface area is 188 Å². The first-order valence-corrected chi connectivity index (χ1v) is 12.0. The predicted molar refractivity (Wildman–Crippen MR) is 127 cm³/mol. The standard InChI is InChI=1S/C22H18N6O2S2/c1-13-7-5-10-15(14(13)2)23-21-22(25-17-9-4-3-8-16(17)24-21)28-32(29,30)19-12-6-11-18-20(19)27-31-26-18/h3-12H,1-2H3,(H,23,24)(H,25,28). The van der Waals surface area contributed by atoms with Crippen LogP contribution in [0.5, 0.6) is 0 Å². The normalized spacial score (nSPS) is 11.7. The molecule has 8 nitrogen and oxygen atoms in total. The minimum atomic E-state index is -4.00. The number of hydrogen-bond acceptors (Lipinski definition) is 8. The van der Waals surface area contributed by atoms with Crippen LogP contribution >= 0.6 is 11.7 Å². The van der Waals surface area contributed by atoms with E-state index in [0.717, 1.165) is 28.5 Å². The van der Waals surface area contributed by atoms with E-state index in [1.54, 1.807) is 18.2 Å². The minimum absolute atomic E-state index is 0.0383. The number of aromatic nitrogens is 4. The van der Waals surface area contributed by atoms with Crippen molar-refractivity contribution in [3.63, 3.8) is 0 Å². The van der Waals surface area contributed by atoms with Crippen LogP contribution in [0.2, 0.25) is 0 Å². The van der Waals surface area contributed by atoms with Crippen molar-refractivity contribution in [3.05, 3.63) is 71.8 Å². The summed E-state index contributed by atoms with van der Waals surface area (Å²) in [6.07, 6.45) is 0. The molecule has 0 radical (unpaired) electrons. The van der Waals surface area contributed by atoms with E-state index in [-0.39, 0.29) is 10.7 Å². The fourth-order valence-electron chi connectivity index (χ4n) is 3.35. The van der Waals surface area contributed by atoms with Gasteiger partial charge in [-0.1, -0.05) is 30.3 Å². The maximum Gasteiger partial charge on any atom is 0.265 e. The second-order valence-corrected chi connectivity index (χ2v) is 9.45. The Kier molecular flexibility index (Phi) is 4.95. The molecule has 2 heterocycles. The number of rotatable bonds is 5. The lowest BCUT2D eigenvalue weighted by atomic mass is 10.1. The number of aryl methyl sites for hydroxylation is 1. The second kappa shape index (κ2) is 7.81. The van der Waals surface area contributed by atoms with Gasteiger partial charge in [0.1, 0.15) is 15.9 Å². The highest BCUT2D eigenvalue weighted by atomic mass is 32.2. The topological polar surface area (TPSA) is 110 Å². The molecule has 0 unspecified atom stereocenters. The summed E-state index contributed by atoms with van der Waals surface area (Å²) in [6, 6.07) is 18.0. The Bertz CT molecular complexity index is 1580. The van der Waals surface area contributed by atoms with Crippen LogP contribution in [0.3, 0.4) is 0 Å².